The Morgan fingerprint density at radius 3 is 2.40 bits per heavy atom. The minimum absolute atomic E-state index is 0.0707. The molecule has 2 amide bonds. The summed E-state index contributed by atoms with van der Waals surface area (Å²) in [6.45, 7) is 3.63. The number of hydrogen-bond acceptors (Lipinski definition) is 4. The van der Waals surface area contributed by atoms with Gasteiger partial charge in [0, 0.05) is 22.7 Å². The zero-order valence-electron chi connectivity index (χ0n) is 14.4. The van der Waals surface area contributed by atoms with Gasteiger partial charge in [-0.25, -0.2) is 5.43 Å². The van der Waals surface area contributed by atoms with E-state index in [1.54, 1.807) is 31.4 Å². The molecule has 130 valence electrons. The minimum atomic E-state index is -0.340. The fourth-order valence-electron chi connectivity index (χ4n) is 1.99. The molecule has 2 N–H and O–H groups in total. The van der Waals surface area contributed by atoms with E-state index in [1.165, 1.54) is 6.21 Å². The van der Waals surface area contributed by atoms with Gasteiger partial charge in [0.05, 0.1) is 13.3 Å². The number of ether oxygens (including phenoxy) is 1. The van der Waals surface area contributed by atoms with Crippen LogP contribution in [-0.2, 0) is 4.79 Å². The Kier molecular flexibility index (Phi) is 6.28. The summed E-state index contributed by atoms with van der Waals surface area (Å²) in [4.78, 5) is 23.7. The Bertz CT molecular complexity index is 768. The normalized spacial score (nSPS) is 10.7. The summed E-state index contributed by atoms with van der Waals surface area (Å²) in [7, 11) is 1.57. The predicted octanol–water partition coefficient (Wildman–Crippen LogP) is 3.05. The van der Waals surface area contributed by atoms with E-state index in [0.717, 1.165) is 5.56 Å². The van der Waals surface area contributed by atoms with Gasteiger partial charge in [-0.3, -0.25) is 9.59 Å². The largest absolute Gasteiger partial charge is 0.496 e. The monoisotopic (exact) mass is 339 g/mol. The molecular formula is C19H21N3O3. The molecule has 0 heterocycles. The molecule has 0 fully saturated rings. The van der Waals surface area contributed by atoms with Crippen LogP contribution in [0.15, 0.2) is 53.6 Å². The van der Waals surface area contributed by atoms with Gasteiger partial charge in [-0.05, 0) is 36.4 Å². The highest BCUT2D eigenvalue weighted by atomic mass is 16.5. The van der Waals surface area contributed by atoms with E-state index < -0.39 is 0 Å². The number of rotatable bonds is 6. The average molecular weight is 339 g/mol. The smallest absolute Gasteiger partial charge is 0.271 e. The molecule has 0 bridgehead atoms. The third-order valence-corrected chi connectivity index (χ3v) is 3.45. The summed E-state index contributed by atoms with van der Waals surface area (Å²) in [5, 5.41) is 6.72. The SMILES string of the molecule is COc1ccccc1C=NNC(=O)c1ccc(NC(=O)C(C)C)cc1. The zero-order valence-corrected chi connectivity index (χ0v) is 14.4. The molecule has 0 saturated carbocycles. The quantitative estimate of drug-likeness (QED) is 0.627. The van der Waals surface area contributed by atoms with Crippen molar-refractivity contribution in [3.63, 3.8) is 0 Å². The van der Waals surface area contributed by atoms with Gasteiger partial charge in [0.1, 0.15) is 5.75 Å². The maximum atomic E-state index is 12.1. The third kappa shape index (κ3) is 5.17. The maximum absolute atomic E-state index is 12.1. The Hall–Kier alpha value is -3.15. The molecule has 25 heavy (non-hydrogen) atoms. The Balaban J connectivity index is 1.97. The summed E-state index contributed by atoms with van der Waals surface area (Å²) >= 11 is 0. The fourth-order valence-corrected chi connectivity index (χ4v) is 1.99. The first-order valence-corrected chi connectivity index (χ1v) is 7.88. The summed E-state index contributed by atoms with van der Waals surface area (Å²) in [6.07, 6.45) is 1.52. The van der Waals surface area contributed by atoms with E-state index in [0.29, 0.717) is 17.0 Å². The fraction of sp³-hybridized carbons (Fsp3) is 0.211. The van der Waals surface area contributed by atoms with Crippen molar-refractivity contribution in [2.24, 2.45) is 11.0 Å². The van der Waals surface area contributed by atoms with E-state index in [-0.39, 0.29) is 17.7 Å². The van der Waals surface area contributed by atoms with Crippen LogP contribution in [0, 0.1) is 5.92 Å². The van der Waals surface area contributed by atoms with Gasteiger partial charge in [-0.1, -0.05) is 26.0 Å². The number of nitrogens with one attached hydrogen (secondary N) is 2. The summed E-state index contributed by atoms with van der Waals surface area (Å²) < 4.78 is 5.21. The molecule has 2 aromatic carbocycles. The number of nitrogens with zero attached hydrogens (tertiary/aromatic N) is 1. The van der Waals surface area contributed by atoms with Crippen LogP contribution in [0.4, 0.5) is 5.69 Å². The number of benzene rings is 2. The van der Waals surface area contributed by atoms with Gasteiger partial charge < -0.3 is 10.1 Å². The van der Waals surface area contributed by atoms with E-state index in [9.17, 15) is 9.59 Å². The lowest BCUT2D eigenvalue weighted by atomic mass is 10.1. The molecule has 0 saturated heterocycles. The summed E-state index contributed by atoms with van der Waals surface area (Å²) in [5.41, 5.74) is 4.32. The molecule has 6 nitrogen and oxygen atoms in total. The number of para-hydroxylation sites is 1. The molecular weight excluding hydrogens is 318 g/mol. The summed E-state index contributed by atoms with van der Waals surface area (Å²) in [5.74, 6) is 0.157. The van der Waals surface area contributed by atoms with Crippen LogP contribution in [0.3, 0.4) is 0 Å². The highest BCUT2D eigenvalue weighted by Crippen LogP contribution is 2.14. The first kappa shape index (κ1) is 18.2. The minimum Gasteiger partial charge on any atom is -0.496 e. The van der Waals surface area contributed by atoms with Crippen LogP contribution in [0.5, 0.6) is 5.75 Å². The molecule has 0 aliphatic heterocycles. The van der Waals surface area contributed by atoms with E-state index in [1.807, 2.05) is 38.1 Å². The number of hydrazone groups is 1. The Morgan fingerprint density at radius 1 is 1.08 bits per heavy atom. The van der Waals surface area contributed by atoms with Crippen LogP contribution in [0.1, 0.15) is 29.8 Å². The lowest BCUT2D eigenvalue weighted by molar-refractivity contribution is -0.118. The van der Waals surface area contributed by atoms with E-state index in [2.05, 4.69) is 15.8 Å². The van der Waals surface area contributed by atoms with Crippen molar-refractivity contribution in [3.05, 3.63) is 59.7 Å². The number of anilines is 1. The van der Waals surface area contributed by atoms with Crippen molar-refractivity contribution in [1.29, 1.82) is 0 Å². The van der Waals surface area contributed by atoms with Crippen molar-refractivity contribution < 1.29 is 14.3 Å². The zero-order chi connectivity index (χ0) is 18.2. The standard InChI is InChI=1S/C19H21N3O3/c1-13(2)18(23)21-16-10-8-14(9-11-16)19(24)22-20-12-15-6-4-5-7-17(15)25-3/h4-13H,1-3H3,(H,21,23)(H,22,24). The molecule has 0 aromatic heterocycles. The van der Waals surface area contributed by atoms with Crippen LogP contribution in [0.2, 0.25) is 0 Å². The van der Waals surface area contributed by atoms with Gasteiger partial charge in [0.25, 0.3) is 5.91 Å². The van der Waals surface area contributed by atoms with Gasteiger partial charge in [-0.15, -0.1) is 0 Å². The second-order valence-electron chi connectivity index (χ2n) is 5.66. The highest BCUT2D eigenvalue weighted by molar-refractivity contribution is 5.96. The molecule has 6 heteroatoms. The van der Waals surface area contributed by atoms with Crippen molar-refractivity contribution in [2.45, 2.75) is 13.8 Å². The molecule has 0 unspecified atom stereocenters. The number of carbonyl (C=O) groups is 2. The number of methoxy groups -OCH3 is 1. The van der Waals surface area contributed by atoms with Crippen molar-refractivity contribution in [3.8, 4) is 5.75 Å². The first-order chi connectivity index (χ1) is 12.0. The topological polar surface area (TPSA) is 79.8 Å². The van der Waals surface area contributed by atoms with E-state index in [4.69, 9.17) is 4.74 Å². The van der Waals surface area contributed by atoms with Crippen molar-refractivity contribution >= 4 is 23.7 Å². The Labute approximate surface area is 146 Å². The van der Waals surface area contributed by atoms with Crippen LogP contribution in [-0.4, -0.2) is 25.1 Å². The molecule has 0 aliphatic rings. The van der Waals surface area contributed by atoms with Gasteiger partial charge in [0.2, 0.25) is 5.91 Å². The van der Waals surface area contributed by atoms with Crippen molar-refractivity contribution in [2.75, 3.05) is 12.4 Å². The van der Waals surface area contributed by atoms with Crippen LogP contribution >= 0.6 is 0 Å². The van der Waals surface area contributed by atoms with Gasteiger partial charge in [0.15, 0.2) is 0 Å². The predicted molar refractivity (Wildman–Crippen MR) is 98.0 cm³/mol. The molecule has 0 radical (unpaired) electrons. The second kappa shape index (κ2) is 8.63. The molecule has 2 aromatic rings. The molecule has 0 aliphatic carbocycles. The maximum Gasteiger partial charge on any atom is 0.271 e. The van der Waals surface area contributed by atoms with Gasteiger partial charge >= 0.3 is 0 Å². The lowest BCUT2D eigenvalue weighted by Crippen LogP contribution is -2.19. The highest BCUT2D eigenvalue weighted by Gasteiger charge is 2.08. The number of amides is 2. The van der Waals surface area contributed by atoms with Crippen LogP contribution in [0.25, 0.3) is 0 Å². The number of hydrogen-bond donors (Lipinski definition) is 2. The molecule has 0 spiro atoms. The molecule has 0 atom stereocenters. The van der Waals surface area contributed by atoms with Crippen molar-refractivity contribution in [1.82, 2.24) is 5.43 Å². The average Bonchev–Trinajstić information content (AvgIpc) is 2.62. The molecule has 2 rings (SSSR count). The Morgan fingerprint density at radius 2 is 1.76 bits per heavy atom. The van der Waals surface area contributed by atoms with Crippen LogP contribution < -0.4 is 15.5 Å². The second-order valence-corrected chi connectivity index (χ2v) is 5.66. The summed E-state index contributed by atoms with van der Waals surface area (Å²) in [6, 6.07) is 14.0. The first-order valence-electron chi connectivity index (χ1n) is 7.88. The number of carbonyl (C=O) groups excluding carboxylic acids is 2. The van der Waals surface area contributed by atoms with E-state index >= 15 is 0 Å². The van der Waals surface area contributed by atoms with Gasteiger partial charge in [-0.2, -0.15) is 5.10 Å². The third-order valence-electron chi connectivity index (χ3n) is 3.45. The lowest BCUT2D eigenvalue weighted by Gasteiger charge is -2.08.